The number of ketones is 1. The number of aromatic nitrogens is 2. The Morgan fingerprint density at radius 2 is 1.81 bits per heavy atom. The van der Waals surface area contributed by atoms with Crippen molar-refractivity contribution in [2.75, 3.05) is 5.32 Å². The molecule has 0 amide bonds. The minimum absolute atomic E-state index is 0.182. The van der Waals surface area contributed by atoms with Gasteiger partial charge in [-0.2, -0.15) is 5.10 Å². The van der Waals surface area contributed by atoms with Gasteiger partial charge in [-0.25, -0.2) is 4.68 Å². The van der Waals surface area contributed by atoms with Crippen molar-refractivity contribution in [1.29, 1.82) is 0 Å². The molecular weight excluding hydrogens is 346 g/mol. The monoisotopic (exact) mass is 367 g/mol. The van der Waals surface area contributed by atoms with Crippen LogP contribution in [0.15, 0.2) is 54.6 Å². The fraction of sp³-hybridized carbons (Fsp3) is 0.238. The van der Waals surface area contributed by atoms with Gasteiger partial charge in [0.25, 0.3) is 0 Å². The Morgan fingerprint density at radius 3 is 2.46 bits per heavy atom. The molecule has 134 valence electrons. The summed E-state index contributed by atoms with van der Waals surface area (Å²) >= 11 is 6.55. The third-order valence-corrected chi connectivity index (χ3v) is 4.66. The Kier molecular flexibility index (Phi) is 5.74. The van der Waals surface area contributed by atoms with E-state index >= 15 is 0 Å². The van der Waals surface area contributed by atoms with E-state index in [1.807, 2.05) is 68.4 Å². The van der Waals surface area contributed by atoms with Crippen molar-refractivity contribution < 1.29 is 4.79 Å². The summed E-state index contributed by atoms with van der Waals surface area (Å²) in [6.07, 6.45) is 1.45. The lowest BCUT2D eigenvalue weighted by Gasteiger charge is -2.08. The van der Waals surface area contributed by atoms with Crippen LogP contribution >= 0.6 is 11.6 Å². The molecule has 2 aromatic carbocycles. The van der Waals surface area contributed by atoms with Gasteiger partial charge in [-0.3, -0.25) is 4.79 Å². The molecule has 3 rings (SSSR count). The predicted octanol–water partition coefficient (Wildman–Crippen LogP) is 5.43. The van der Waals surface area contributed by atoms with E-state index in [2.05, 4.69) is 10.4 Å². The highest BCUT2D eigenvalue weighted by Crippen LogP contribution is 2.24. The molecule has 0 saturated heterocycles. The third kappa shape index (κ3) is 3.97. The first-order valence-corrected chi connectivity index (χ1v) is 9.14. The SMILES string of the molecule is CCCC(=O)c1ccc(NCc2c(C)nn(-c3ccccc3)c2Cl)cc1. The number of carbonyl (C=O) groups is 1. The van der Waals surface area contributed by atoms with E-state index < -0.39 is 0 Å². The number of nitrogens with zero attached hydrogens (tertiary/aromatic N) is 2. The van der Waals surface area contributed by atoms with Crippen LogP contribution in [-0.4, -0.2) is 15.6 Å². The van der Waals surface area contributed by atoms with Gasteiger partial charge < -0.3 is 5.32 Å². The first-order chi connectivity index (χ1) is 12.6. The van der Waals surface area contributed by atoms with Gasteiger partial charge in [0.05, 0.1) is 11.4 Å². The number of carbonyl (C=O) groups excluding carboxylic acids is 1. The number of halogens is 1. The summed E-state index contributed by atoms with van der Waals surface area (Å²) in [4.78, 5) is 11.9. The molecule has 26 heavy (non-hydrogen) atoms. The summed E-state index contributed by atoms with van der Waals surface area (Å²) in [5.74, 6) is 0.182. The maximum atomic E-state index is 11.9. The number of aryl methyl sites for hydroxylation is 1. The zero-order valence-corrected chi connectivity index (χ0v) is 15.8. The molecule has 1 aromatic heterocycles. The first-order valence-electron chi connectivity index (χ1n) is 8.76. The fourth-order valence-electron chi connectivity index (χ4n) is 2.81. The molecule has 5 heteroatoms. The Morgan fingerprint density at radius 1 is 1.12 bits per heavy atom. The highest BCUT2D eigenvalue weighted by molar-refractivity contribution is 6.30. The van der Waals surface area contributed by atoms with Crippen LogP contribution in [0, 0.1) is 6.92 Å². The number of anilines is 1. The van der Waals surface area contributed by atoms with Gasteiger partial charge in [0.1, 0.15) is 5.15 Å². The number of nitrogens with one attached hydrogen (secondary N) is 1. The zero-order chi connectivity index (χ0) is 18.5. The summed E-state index contributed by atoms with van der Waals surface area (Å²) in [5, 5.41) is 8.51. The first kappa shape index (κ1) is 18.2. The van der Waals surface area contributed by atoms with Gasteiger partial charge in [-0.15, -0.1) is 0 Å². The summed E-state index contributed by atoms with van der Waals surface area (Å²) in [6, 6.07) is 17.4. The van der Waals surface area contributed by atoms with E-state index in [1.165, 1.54) is 0 Å². The molecule has 0 fully saturated rings. The molecule has 1 heterocycles. The van der Waals surface area contributed by atoms with Crippen LogP contribution in [-0.2, 0) is 6.54 Å². The van der Waals surface area contributed by atoms with Gasteiger partial charge in [0.15, 0.2) is 5.78 Å². The van der Waals surface area contributed by atoms with Gasteiger partial charge in [0.2, 0.25) is 0 Å². The van der Waals surface area contributed by atoms with Crippen molar-refractivity contribution in [2.45, 2.75) is 33.2 Å². The highest BCUT2D eigenvalue weighted by atomic mass is 35.5. The van der Waals surface area contributed by atoms with Gasteiger partial charge in [-0.1, -0.05) is 36.7 Å². The number of para-hydroxylation sites is 1. The smallest absolute Gasteiger partial charge is 0.162 e. The number of hydrogen-bond donors (Lipinski definition) is 1. The molecule has 0 spiro atoms. The maximum Gasteiger partial charge on any atom is 0.162 e. The lowest BCUT2D eigenvalue weighted by atomic mass is 10.1. The van der Waals surface area contributed by atoms with Crippen LogP contribution in [0.2, 0.25) is 5.15 Å². The van der Waals surface area contributed by atoms with E-state index in [4.69, 9.17) is 11.6 Å². The van der Waals surface area contributed by atoms with Crippen molar-refractivity contribution in [2.24, 2.45) is 0 Å². The van der Waals surface area contributed by atoms with Gasteiger partial charge in [-0.05, 0) is 49.7 Å². The van der Waals surface area contributed by atoms with Crippen molar-refractivity contribution in [3.8, 4) is 5.69 Å². The standard InChI is InChI=1S/C21H22ClN3O/c1-3-7-20(26)16-10-12-17(13-11-16)23-14-19-15(2)24-25(21(19)22)18-8-5-4-6-9-18/h4-6,8-13,23H,3,7,14H2,1-2H3. The van der Waals surface area contributed by atoms with Gasteiger partial charge in [0, 0.05) is 29.8 Å². The number of Topliss-reactive ketones (excluding diaryl/α,β-unsaturated/α-hetero) is 1. The highest BCUT2D eigenvalue weighted by Gasteiger charge is 2.14. The molecular formula is C21H22ClN3O. The van der Waals surface area contributed by atoms with E-state index in [1.54, 1.807) is 4.68 Å². The van der Waals surface area contributed by atoms with Crippen LogP contribution in [0.1, 0.15) is 41.4 Å². The lowest BCUT2D eigenvalue weighted by Crippen LogP contribution is -2.02. The van der Waals surface area contributed by atoms with Crippen LogP contribution in [0.3, 0.4) is 0 Å². The summed E-state index contributed by atoms with van der Waals surface area (Å²) in [5.41, 5.74) is 4.48. The normalized spacial score (nSPS) is 10.7. The van der Waals surface area contributed by atoms with Gasteiger partial charge >= 0.3 is 0 Å². The molecule has 0 unspecified atom stereocenters. The number of benzene rings is 2. The predicted molar refractivity (Wildman–Crippen MR) is 106 cm³/mol. The Balaban J connectivity index is 1.72. The number of rotatable bonds is 7. The second-order valence-corrected chi connectivity index (χ2v) is 6.56. The second-order valence-electron chi connectivity index (χ2n) is 6.21. The maximum absolute atomic E-state index is 11.9. The van der Waals surface area contributed by atoms with Crippen LogP contribution in [0.25, 0.3) is 5.69 Å². The molecule has 0 radical (unpaired) electrons. The van der Waals surface area contributed by atoms with Crippen molar-refractivity contribution in [3.05, 3.63) is 76.6 Å². The minimum Gasteiger partial charge on any atom is -0.381 e. The molecule has 0 aliphatic carbocycles. The molecule has 0 bridgehead atoms. The van der Waals surface area contributed by atoms with E-state index in [0.29, 0.717) is 18.1 Å². The molecule has 3 aromatic rings. The molecule has 0 atom stereocenters. The second kappa shape index (κ2) is 8.19. The Labute approximate surface area is 158 Å². The van der Waals surface area contributed by atoms with Crippen molar-refractivity contribution >= 4 is 23.1 Å². The average Bonchev–Trinajstić information content (AvgIpc) is 2.95. The van der Waals surface area contributed by atoms with E-state index in [0.717, 1.165) is 34.6 Å². The molecule has 0 saturated carbocycles. The van der Waals surface area contributed by atoms with Crippen LogP contribution in [0.4, 0.5) is 5.69 Å². The van der Waals surface area contributed by atoms with Crippen molar-refractivity contribution in [3.63, 3.8) is 0 Å². The van der Waals surface area contributed by atoms with E-state index in [-0.39, 0.29) is 5.78 Å². The number of hydrogen-bond acceptors (Lipinski definition) is 3. The fourth-order valence-corrected chi connectivity index (χ4v) is 3.15. The van der Waals surface area contributed by atoms with Crippen LogP contribution in [0.5, 0.6) is 0 Å². The summed E-state index contributed by atoms with van der Waals surface area (Å²) < 4.78 is 1.75. The Bertz CT molecular complexity index is 886. The Hall–Kier alpha value is -2.59. The molecule has 0 aliphatic heterocycles. The molecule has 1 N–H and O–H groups in total. The molecule has 4 nitrogen and oxygen atoms in total. The third-order valence-electron chi connectivity index (χ3n) is 4.28. The van der Waals surface area contributed by atoms with E-state index in [9.17, 15) is 4.79 Å². The van der Waals surface area contributed by atoms with Crippen LogP contribution < -0.4 is 5.32 Å². The zero-order valence-electron chi connectivity index (χ0n) is 15.0. The van der Waals surface area contributed by atoms with Crippen molar-refractivity contribution in [1.82, 2.24) is 9.78 Å². The summed E-state index contributed by atoms with van der Waals surface area (Å²) in [6.45, 7) is 4.53. The minimum atomic E-state index is 0.182. The largest absolute Gasteiger partial charge is 0.381 e. The quantitative estimate of drug-likeness (QED) is 0.566. The lowest BCUT2D eigenvalue weighted by molar-refractivity contribution is 0.0982. The average molecular weight is 368 g/mol. The summed E-state index contributed by atoms with van der Waals surface area (Å²) in [7, 11) is 0. The topological polar surface area (TPSA) is 46.9 Å². The molecule has 0 aliphatic rings.